The fraction of sp³-hybridized carbons (Fsp3) is 0.526. The highest BCUT2D eigenvalue weighted by Gasteiger charge is 2.45. The molecule has 0 spiro atoms. The molecule has 0 atom stereocenters. The molecule has 1 aromatic heterocycles. The number of Topliss-reactive ketones (excluding diaryl/α,β-unsaturated/α-hetero) is 1. The molecule has 5 amide bonds. The van der Waals surface area contributed by atoms with E-state index in [4.69, 9.17) is 0 Å². The van der Waals surface area contributed by atoms with Crippen LogP contribution in [0.1, 0.15) is 49.2 Å². The van der Waals surface area contributed by atoms with Crippen LogP contribution >= 0.6 is 11.3 Å². The molecule has 9 heteroatoms. The third-order valence-corrected chi connectivity index (χ3v) is 5.15. The van der Waals surface area contributed by atoms with E-state index in [2.05, 4.69) is 5.32 Å². The van der Waals surface area contributed by atoms with Crippen molar-refractivity contribution in [2.75, 3.05) is 13.1 Å². The highest BCUT2D eigenvalue weighted by atomic mass is 32.1. The zero-order valence-corrected chi connectivity index (χ0v) is 17.5. The van der Waals surface area contributed by atoms with Gasteiger partial charge in [-0.1, -0.05) is 34.6 Å². The molecule has 0 unspecified atom stereocenters. The number of imide groups is 2. The van der Waals surface area contributed by atoms with Gasteiger partial charge < -0.3 is 5.32 Å². The number of hydrogen-bond acceptors (Lipinski definition) is 6. The summed E-state index contributed by atoms with van der Waals surface area (Å²) in [6.45, 7) is 9.00. The summed E-state index contributed by atoms with van der Waals surface area (Å²) in [4.78, 5) is 63.5. The van der Waals surface area contributed by atoms with Crippen molar-refractivity contribution in [3.8, 4) is 0 Å². The lowest BCUT2D eigenvalue weighted by Gasteiger charge is -2.17. The van der Waals surface area contributed by atoms with E-state index < -0.39 is 35.6 Å². The molecule has 8 nitrogen and oxygen atoms in total. The Kier molecular flexibility index (Phi) is 6.38. The van der Waals surface area contributed by atoms with Crippen molar-refractivity contribution in [3.05, 3.63) is 21.9 Å². The second kappa shape index (κ2) is 8.22. The lowest BCUT2D eigenvalue weighted by atomic mass is 9.96. The first-order valence-corrected chi connectivity index (χ1v) is 9.81. The Morgan fingerprint density at radius 1 is 1.07 bits per heavy atom. The van der Waals surface area contributed by atoms with E-state index in [0.29, 0.717) is 9.78 Å². The summed E-state index contributed by atoms with van der Waals surface area (Å²) < 4.78 is 0. The van der Waals surface area contributed by atoms with Crippen molar-refractivity contribution < 1.29 is 24.0 Å². The maximum atomic E-state index is 12.5. The zero-order valence-electron chi connectivity index (χ0n) is 16.7. The maximum Gasteiger partial charge on any atom is 0.334 e. The molecule has 1 aliphatic heterocycles. The van der Waals surface area contributed by atoms with Crippen LogP contribution in [0.4, 0.5) is 4.79 Å². The third kappa shape index (κ3) is 4.83. The molecule has 0 radical (unpaired) electrons. The van der Waals surface area contributed by atoms with E-state index in [1.54, 1.807) is 32.9 Å². The van der Waals surface area contributed by atoms with Crippen molar-refractivity contribution in [1.29, 1.82) is 0 Å². The van der Waals surface area contributed by atoms with Gasteiger partial charge in [0.05, 0.1) is 18.0 Å². The quantitative estimate of drug-likeness (QED) is 0.423. The average molecular weight is 407 g/mol. The van der Waals surface area contributed by atoms with Crippen LogP contribution < -0.4 is 5.32 Å². The van der Waals surface area contributed by atoms with Crippen LogP contribution in [-0.2, 0) is 20.9 Å². The van der Waals surface area contributed by atoms with E-state index in [-0.39, 0.29) is 24.9 Å². The van der Waals surface area contributed by atoms with E-state index in [0.717, 1.165) is 9.78 Å². The molecule has 2 heterocycles. The number of nitrogens with zero attached hydrogens (tertiary/aromatic N) is 2. The fourth-order valence-corrected chi connectivity index (χ4v) is 3.37. The molecule has 0 aromatic carbocycles. The molecule has 28 heavy (non-hydrogen) atoms. The SMILES string of the molecule is CC(C)CN1C(=O)C(=O)N(CC(=O)c2ccc(CNC(=O)C(C)(C)C)s2)C1=O. The van der Waals surface area contributed by atoms with Crippen LogP contribution in [0.25, 0.3) is 0 Å². The van der Waals surface area contributed by atoms with Crippen LogP contribution in [0.15, 0.2) is 12.1 Å². The summed E-state index contributed by atoms with van der Waals surface area (Å²) in [5.41, 5.74) is -0.513. The minimum absolute atomic E-state index is 0.0134. The smallest absolute Gasteiger partial charge is 0.334 e. The first-order chi connectivity index (χ1) is 12.9. The number of carbonyl (C=O) groups excluding carboxylic acids is 5. The second-order valence-corrected chi connectivity index (χ2v) is 9.27. The second-order valence-electron chi connectivity index (χ2n) is 8.11. The molecule has 1 fully saturated rings. The fourth-order valence-electron chi connectivity index (χ4n) is 2.49. The minimum Gasteiger partial charge on any atom is -0.351 e. The number of carbonyl (C=O) groups is 5. The topological polar surface area (TPSA) is 104 Å². The van der Waals surface area contributed by atoms with Gasteiger partial charge in [-0.3, -0.25) is 24.1 Å². The first-order valence-electron chi connectivity index (χ1n) is 8.99. The van der Waals surface area contributed by atoms with Crippen LogP contribution in [0.2, 0.25) is 0 Å². The lowest BCUT2D eigenvalue weighted by molar-refractivity contribution is -0.143. The normalized spacial score (nSPS) is 15.0. The number of hydrogen-bond donors (Lipinski definition) is 1. The number of ketones is 1. The molecule has 1 saturated heterocycles. The molecule has 2 rings (SSSR count). The Hall–Kier alpha value is -2.55. The summed E-state index contributed by atoms with van der Waals surface area (Å²) in [5.74, 6) is -2.40. The number of rotatable bonds is 7. The molecule has 152 valence electrons. The monoisotopic (exact) mass is 407 g/mol. The highest BCUT2D eigenvalue weighted by Crippen LogP contribution is 2.20. The minimum atomic E-state index is -0.978. The van der Waals surface area contributed by atoms with Crippen molar-refractivity contribution in [1.82, 2.24) is 15.1 Å². The van der Waals surface area contributed by atoms with Crippen molar-refractivity contribution >= 4 is 40.9 Å². The summed E-state index contributed by atoms with van der Waals surface area (Å²) in [6, 6.07) is 2.54. The molecule has 1 N–H and O–H groups in total. The number of urea groups is 1. The van der Waals surface area contributed by atoms with Crippen LogP contribution in [-0.4, -0.2) is 52.4 Å². The predicted molar refractivity (Wildman–Crippen MR) is 104 cm³/mol. The van der Waals surface area contributed by atoms with Crippen molar-refractivity contribution in [3.63, 3.8) is 0 Å². The van der Waals surface area contributed by atoms with Crippen LogP contribution in [0.5, 0.6) is 0 Å². The lowest BCUT2D eigenvalue weighted by Crippen LogP contribution is -2.38. The summed E-state index contributed by atoms with van der Waals surface area (Å²) in [7, 11) is 0. The molecular weight excluding hydrogens is 382 g/mol. The van der Waals surface area contributed by atoms with Gasteiger partial charge in [0.2, 0.25) is 5.91 Å². The number of amides is 5. The van der Waals surface area contributed by atoms with Crippen molar-refractivity contribution in [2.24, 2.45) is 11.3 Å². The molecule has 1 aromatic rings. The molecule has 0 bridgehead atoms. The summed E-state index contributed by atoms with van der Waals surface area (Å²) >= 11 is 1.18. The maximum absolute atomic E-state index is 12.5. The Morgan fingerprint density at radius 2 is 1.68 bits per heavy atom. The van der Waals surface area contributed by atoms with Gasteiger partial charge in [0, 0.05) is 16.8 Å². The van der Waals surface area contributed by atoms with Gasteiger partial charge in [-0.05, 0) is 18.1 Å². The molecule has 0 saturated carbocycles. The number of thiophene rings is 1. The Morgan fingerprint density at radius 3 is 2.25 bits per heavy atom. The average Bonchev–Trinajstić information content (AvgIpc) is 3.14. The van der Waals surface area contributed by atoms with Crippen LogP contribution in [0, 0.1) is 11.3 Å². The standard InChI is InChI=1S/C19H25N3O5S/c1-11(2)9-21-15(24)16(25)22(18(21)27)10-13(23)14-7-6-12(28-14)8-20-17(26)19(3,4)5/h6-7,11H,8-10H2,1-5H3,(H,20,26). The van der Waals surface area contributed by atoms with Crippen molar-refractivity contribution in [2.45, 2.75) is 41.2 Å². The first kappa shape index (κ1) is 21.7. The van der Waals surface area contributed by atoms with Gasteiger partial charge in [-0.15, -0.1) is 11.3 Å². The summed E-state index contributed by atoms with van der Waals surface area (Å²) in [6.07, 6.45) is 0. The van der Waals surface area contributed by atoms with E-state index in [1.807, 2.05) is 13.8 Å². The summed E-state index contributed by atoms with van der Waals surface area (Å²) in [5, 5.41) is 2.80. The van der Waals surface area contributed by atoms with E-state index in [9.17, 15) is 24.0 Å². The molecule has 1 aliphatic rings. The van der Waals surface area contributed by atoms with Gasteiger partial charge in [-0.2, -0.15) is 0 Å². The van der Waals surface area contributed by atoms with Gasteiger partial charge in [-0.25, -0.2) is 9.69 Å². The highest BCUT2D eigenvalue weighted by molar-refractivity contribution is 7.14. The Balaban J connectivity index is 2.01. The molecule has 0 aliphatic carbocycles. The molecular formula is C19H25N3O5S. The van der Waals surface area contributed by atoms with Gasteiger partial charge in [0.25, 0.3) is 0 Å². The largest absolute Gasteiger partial charge is 0.351 e. The Bertz CT molecular complexity index is 822. The van der Waals surface area contributed by atoms with Gasteiger partial charge >= 0.3 is 17.8 Å². The van der Waals surface area contributed by atoms with Gasteiger partial charge in [0.15, 0.2) is 5.78 Å². The van der Waals surface area contributed by atoms with E-state index in [1.165, 1.54) is 11.3 Å². The van der Waals surface area contributed by atoms with Gasteiger partial charge in [0.1, 0.15) is 0 Å². The Labute approximate surface area is 167 Å². The predicted octanol–water partition coefficient (Wildman–Crippen LogP) is 2.04. The number of nitrogens with one attached hydrogen (secondary N) is 1. The van der Waals surface area contributed by atoms with Crippen LogP contribution in [0.3, 0.4) is 0 Å². The zero-order chi connectivity index (χ0) is 21.2. The van der Waals surface area contributed by atoms with E-state index >= 15 is 0 Å². The third-order valence-electron chi connectivity index (χ3n) is 4.03.